The Kier molecular flexibility index (Phi) is 4.77. The molecule has 0 aliphatic carbocycles. The summed E-state index contributed by atoms with van der Waals surface area (Å²) in [6.45, 7) is 0. The lowest BCUT2D eigenvalue weighted by Gasteiger charge is -2.24. The molecule has 0 amide bonds. The molecule has 0 saturated carbocycles. The van der Waals surface area contributed by atoms with E-state index in [2.05, 4.69) is 40.2 Å². The Morgan fingerprint density at radius 3 is 2.26 bits per heavy atom. The van der Waals surface area contributed by atoms with Crippen molar-refractivity contribution in [1.82, 2.24) is 0 Å². The molecule has 1 N–H and O–H groups in total. The molecule has 134 valence electrons. The van der Waals surface area contributed by atoms with Crippen LogP contribution < -0.4 is 5.01 Å². The minimum Gasteiger partial charge on any atom is -0.478 e. The van der Waals surface area contributed by atoms with E-state index in [1.165, 1.54) is 0 Å². The molecule has 0 spiro atoms. The van der Waals surface area contributed by atoms with Crippen molar-refractivity contribution in [3.63, 3.8) is 0 Å². The van der Waals surface area contributed by atoms with Crippen LogP contribution in [0.15, 0.2) is 88.4 Å². The van der Waals surface area contributed by atoms with Crippen LogP contribution in [0.4, 0.5) is 5.69 Å². The first-order valence-corrected chi connectivity index (χ1v) is 9.42. The minimum absolute atomic E-state index is 0.0592. The molecule has 0 fully saturated rings. The highest BCUT2D eigenvalue weighted by Crippen LogP contribution is 2.37. The summed E-state index contributed by atoms with van der Waals surface area (Å²) in [6.07, 6.45) is 0.784. The fraction of sp³-hybridized carbons (Fsp3) is 0.0909. The third-order valence-corrected chi connectivity index (χ3v) is 5.18. The summed E-state index contributed by atoms with van der Waals surface area (Å²) in [5, 5.41) is 16.0. The van der Waals surface area contributed by atoms with Crippen LogP contribution in [0.25, 0.3) is 0 Å². The van der Waals surface area contributed by atoms with E-state index in [-0.39, 0.29) is 11.6 Å². The van der Waals surface area contributed by atoms with E-state index in [4.69, 9.17) is 10.2 Å². The second-order valence-corrected chi connectivity index (χ2v) is 7.30. The van der Waals surface area contributed by atoms with Crippen molar-refractivity contribution in [2.75, 3.05) is 5.01 Å². The molecule has 27 heavy (non-hydrogen) atoms. The van der Waals surface area contributed by atoms with Crippen molar-refractivity contribution in [3.8, 4) is 0 Å². The lowest BCUT2D eigenvalue weighted by Crippen LogP contribution is -2.18. The molecule has 0 aromatic heterocycles. The number of carboxylic acid groups (broad SMARTS) is 1. The number of hydrogen-bond donors (Lipinski definition) is 1. The number of halogens is 1. The summed E-state index contributed by atoms with van der Waals surface area (Å²) in [4.78, 5) is 11.1. The molecule has 1 atom stereocenters. The summed E-state index contributed by atoms with van der Waals surface area (Å²) in [5.74, 6) is -0.930. The van der Waals surface area contributed by atoms with Gasteiger partial charge in [0.05, 0.1) is 23.0 Å². The second kappa shape index (κ2) is 7.37. The van der Waals surface area contributed by atoms with E-state index in [1.54, 1.807) is 12.1 Å². The molecule has 4 nitrogen and oxygen atoms in total. The van der Waals surface area contributed by atoms with E-state index in [1.807, 2.05) is 47.5 Å². The molecule has 1 aliphatic rings. The molecule has 5 heteroatoms. The Balaban J connectivity index is 1.73. The number of hydrogen-bond acceptors (Lipinski definition) is 3. The van der Waals surface area contributed by atoms with Gasteiger partial charge in [0.1, 0.15) is 0 Å². The van der Waals surface area contributed by atoms with Gasteiger partial charge in [-0.25, -0.2) is 4.79 Å². The summed E-state index contributed by atoms with van der Waals surface area (Å²) >= 11 is 3.49. The summed E-state index contributed by atoms with van der Waals surface area (Å²) in [5.41, 5.74) is 4.43. The highest BCUT2D eigenvalue weighted by molar-refractivity contribution is 9.10. The fourth-order valence-corrected chi connectivity index (χ4v) is 3.52. The third-order valence-electron chi connectivity index (χ3n) is 4.65. The van der Waals surface area contributed by atoms with Crippen molar-refractivity contribution < 1.29 is 9.90 Å². The summed E-state index contributed by atoms with van der Waals surface area (Å²) < 4.78 is 1.03. The molecule has 0 saturated heterocycles. The molecule has 1 aliphatic heterocycles. The van der Waals surface area contributed by atoms with Gasteiger partial charge in [0.15, 0.2) is 0 Å². The van der Waals surface area contributed by atoms with Crippen molar-refractivity contribution >= 4 is 33.3 Å². The SMILES string of the molecule is O=C(O)c1ccc(N2N=C(c3ccccc3)CC2c2ccc(Br)cc2)cc1. The van der Waals surface area contributed by atoms with Crippen LogP contribution in [0.2, 0.25) is 0 Å². The number of carboxylic acids is 1. The molecule has 3 aromatic rings. The van der Waals surface area contributed by atoms with Crippen LogP contribution in [0, 0.1) is 0 Å². The molecule has 3 aromatic carbocycles. The Morgan fingerprint density at radius 1 is 0.963 bits per heavy atom. The zero-order valence-corrected chi connectivity index (χ0v) is 16.0. The Morgan fingerprint density at radius 2 is 1.63 bits per heavy atom. The fourth-order valence-electron chi connectivity index (χ4n) is 3.25. The van der Waals surface area contributed by atoms with E-state index in [0.717, 1.165) is 33.4 Å². The van der Waals surface area contributed by atoms with Crippen LogP contribution in [-0.4, -0.2) is 16.8 Å². The average molecular weight is 421 g/mol. The predicted octanol–water partition coefficient (Wildman–Crippen LogP) is 5.50. The van der Waals surface area contributed by atoms with Gasteiger partial charge >= 0.3 is 5.97 Å². The van der Waals surface area contributed by atoms with Gasteiger partial charge in [-0.05, 0) is 47.5 Å². The van der Waals surface area contributed by atoms with Crippen molar-refractivity contribution in [2.24, 2.45) is 5.10 Å². The number of aromatic carboxylic acids is 1. The highest BCUT2D eigenvalue weighted by atomic mass is 79.9. The van der Waals surface area contributed by atoms with E-state index in [0.29, 0.717) is 0 Å². The topological polar surface area (TPSA) is 52.9 Å². The average Bonchev–Trinajstić information content (AvgIpc) is 3.15. The molecule has 1 heterocycles. The lowest BCUT2D eigenvalue weighted by molar-refractivity contribution is 0.0697. The number of nitrogens with zero attached hydrogens (tertiary/aromatic N) is 2. The third kappa shape index (κ3) is 3.64. The number of rotatable bonds is 4. The van der Waals surface area contributed by atoms with Crippen LogP contribution in [0.1, 0.15) is 33.9 Å². The Labute approximate surface area is 165 Å². The van der Waals surface area contributed by atoms with E-state index >= 15 is 0 Å². The van der Waals surface area contributed by atoms with Gasteiger partial charge in [0.2, 0.25) is 0 Å². The first-order valence-electron chi connectivity index (χ1n) is 8.63. The second-order valence-electron chi connectivity index (χ2n) is 6.38. The van der Waals surface area contributed by atoms with Gasteiger partial charge in [-0.2, -0.15) is 5.10 Å². The zero-order chi connectivity index (χ0) is 18.8. The minimum atomic E-state index is -0.930. The maximum Gasteiger partial charge on any atom is 0.335 e. The zero-order valence-electron chi connectivity index (χ0n) is 14.4. The molecular weight excluding hydrogens is 404 g/mol. The van der Waals surface area contributed by atoms with Crippen LogP contribution >= 0.6 is 15.9 Å². The molecule has 0 radical (unpaired) electrons. The summed E-state index contributed by atoms with van der Waals surface area (Å²) in [6, 6.07) is 25.3. The van der Waals surface area contributed by atoms with Gasteiger partial charge in [-0.3, -0.25) is 5.01 Å². The number of carbonyl (C=O) groups is 1. The van der Waals surface area contributed by atoms with Crippen LogP contribution in [-0.2, 0) is 0 Å². The standard InChI is InChI=1S/C22H17BrN2O2/c23-18-10-6-16(7-11-18)21-14-20(15-4-2-1-3-5-15)24-25(21)19-12-8-17(9-13-19)22(26)27/h1-13,21H,14H2,(H,26,27). The van der Waals surface area contributed by atoms with Gasteiger partial charge in [-0.1, -0.05) is 58.4 Å². The quantitative estimate of drug-likeness (QED) is 0.605. The van der Waals surface area contributed by atoms with Gasteiger partial charge in [-0.15, -0.1) is 0 Å². The first-order chi connectivity index (χ1) is 13.1. The van der Waals surface area contributed by atoms with E-state index in [9.17, 15) is 4.79 Å². The molecular formula is C22H17BrN2O2. The maximum absolute atomic E-state index is 11.1. The Hall–Kier alpha value is -2.92. The number of anilines is 1. The van der Waals surface area contributed by atoms with Gasteiger partial charge in [0.25, 0.3) is 0 Å². The maximum atomic E-state index is 11.1. The monoisotopic (exact) mass is 420 g/mol. The highest BCUT2D eigenvalue weighted by Gasteiger charge is 2.29. The smallest absolute Gasteiger partial charge is 0.335 e. The van der Waals surface area contributed by atoms with Crippen molar-refractivity contribution in [3.05, 3.63) is 100 Å². The number of benzene rings is 3. The largest absolute Gasteiger partial charge is 0.478 e. The van der Waals surface area contributed by atoms with E-state index < -0.39 is 5.97 Å². The van der Waals surface area contributed by atoms with Gasteiger partial charge in [0, 0.05) is 10.9 Å². The van der Waals surface area contributed by atoms with Crippen molar-refractivity contribution in [2.45, 2.75) is 12.5 Å². The normalized spacial score (nSPS) is 16.3. The van der Waals surface area contributed by atoms with Crippen LogP contribution in [0.5, 0.6) is 0 Å². The predicted molar refractivity (Wildman–Crippen MR) is 110 cm³/mol. The first kappa shape index (κ1) is 17.5. The number of hydrazone groups is 1. The Bertz CT molecular complexity index is 983. The lowest BCUT2D eigenvalue weighted by atomic mass is 9.98. The van der Waals surface area contributed by atoms with Gasteiger partial charge < -0.3 is 5.11 Å². The molecule has 0 bridgehead atoms. The molecule has 4 rings (SSSR count). The van der Waals surface area contributed by atoms with Crippen molar-refractivity contribution in [1.29, 1.82) is 0 Å². The van der Waals surface area contributed by atoms with Crippen LogP contribution in [0.3, 0.4) is 0 Å². The molecule has 1 unspecified atom stereocenters. The summed E-state index contributed by atoms with van der Waals surface area (Å²) in [7, 11) is 0.